The molecule has 0 atom stereocenters. The van der Waals surface area contributed by atoms with E-state index >= 15 is 0 Å². The van der Waals surface area contributed by atoms with Crippen LogP contribution >= 0.6 is 11.8 Å². The Labute approximate surface area is 158 Å². The SMILES string of the molecule is CC1CCN(C2=NN3C(=N)/C(=C/c4ccc([N+](=O)[O-])o4)C(=O)N=C3S2)CC1. The van der Waals surface area contributed by atoms with Crippen molar-refractivity contribution in [3.63, 3.8) is 0 Å². The van der Waals surface area contributed by atoms with E-state index in [2.05, 4.69) is 21.9 Å². The number of nitrogens with zero attached hydrogens (tertiary/aromatic N) is 5. The number of fused-ring (bicyclic) bond motifs is 1. The van der Waals surface area contributed by atoms with E-state index in [-0.39, 0.29) is 17.2 Å². The molecule has 1 fully saturated rings. The molecule has 0 radical (unpaired) electrons. The first-order valence-electron chi connectivity index (χ1n) is 8.42. The fourth-order valence-corrected chi connectivity index (χ4v) is 3.91. The molecule has 1 aromatic heterocycles. The quantitative estimate of drug-likeness (QED) is 0.468. The molecule has 27 heavy (non-hydrogen) atoms. The number of nitrogens with one attached hydrogen (secondary N) is 1. The summed E-state index contributed by atoms with van der Waals surface area (Å²) >= 11 is 1.28. The van der Waals surface area contributed by atoms with Crippen LogP contribution in [0.15, 0.2) is 32.2 Å². The summed E-state index contributed by atoms with van der Waals surface area (Å²) in [4.78, 5) is 28.5. The number of hydrogen-bond donors (Lipinski definition) is 1. The number of rotatable bonds is 2. The molecule has 1 aromatic rings. The average molecular weight is 388 g/mol. The van der Waals surface area contributed by atoms with Crippen molar-refractivity contribution in [2.45, 2.75) is 19.8 Å². The predicted octanol–water partition coefficient (Wildman–Crippen LogP) is 2.50. The van der Waals surface area contributed by atoms with Crippen LogP contribution in [0.5, 0.6) is 0 Å². The van der Waals surface area contributed by atoms with E-state index in [9.17, 15) is 14.9 Å². The number of carbonyl (C=O) groups is 1. The molecule has 1 amide bonds. The van der Waals surface area contributed by atoms with E-state index in [0.29, 0.717) is 11.1 Å². The lowest BCUT2D eigenvalue weighted by molar-refractivity contribution is -0.402. The topological polar surface area (TPSA) is 128 Å². The van der Waals surface area contributed by atoms with Crippen molar-refractivity contribution < 1.29 is 14.1 Å². The highest BCUT2D eigenvalue weighted by Crippen LogP contribution is 2.31. The Bertz CT molecular complexity index is 925. The molecule has 1 N–H and O–H groups in total. The Balaban J connectivity index is 1.58. The summed E-state index contributed by atoms with van der Waals surface area (Å²) in [7, 11) is 0. The first-order valence-corrected chi connectivity index (χ1v) is 9.23. The van der Waals surface area contributed by atoms with Crippen LogP contribution < -0.4 is 0 Å². The number of likely N-dealkylation sites (tertiary alicyclic amines) is 1. The smallest absolute Gasteiger partial charge is 0.401 e. The maximum atomic E-state index is 12.3. The van der Waals surface area contributed by atoms with Crippen LogP contribution in [0.1, 0.15) is 25.5 Å². The van der Waals surface area contributed by atoms with Crippen LogP contribution in [0, 0.1) is 21.4 Å². The van der Waals surface area contributed by atoms with Gasteiger partial charge in [-0.3, -0.25) is 20.3 Å². The fraction of sp³-hybridized carbons (Fsp3) is 0.375. The minimum absolute atomic E-state index is 0.0270. The van der Waals surface area contributed by atoms with Crippen molar-refractivity contribution in [2.75, 3.05) is 13.1 Å². The van der Waals surface area contributed by atoms with Gasteiger partial charge in [0.25, 0.3) is 5.91 Å². The Morgan fingerprint density at radius 3 is 2.78 bits per heavy atom. The molecule has 3 aliphatic rings. The van der Waals surface area contributed by atoms with Crippen molar-refractivity contribution >= 4 is 45.8 Å². The normalized spacial score (nSPS) is 22.2. The summed E-state index contributed by atoms with van der Waals surface area (Å²) in [5, 5.41) is 25.9. The lowest BCUT2D eigenvalue weighted by Gasteiger charge is -2.30. The molecule has 11 heteroatoms. The van der Waals surface area contributed by atoms with Gasteiger partial charge in [-0.15, -0.1) is 5.10 Å². The summed E-state index contributed by atoms with van der Waals surface area (Å²) in [5.74, 6) is -0.370. The maximum absolute atomic E-state index is 12.3. The van der Waals surface area contributed by atoms with Gasteiger partial charge in [-0.1, -0.05) is 6.92 Å². The van der Waals surface area contributed by atoms with Gasteiger partial charge in [-0.2, -0.15) is 10.0 Å². The first kappa shape index (κ1) is 17.5. The van der Waals surface area contributed by atoms with Crippen LogP contribution in [0.25, 0.3) is 6.08 Å². The molecule has 0 unspecified atom stereocenters. The molecule has 3 aliphatic heterocycles. The Hall–Kier alpha value is -2.95. The monoisotopic (exact) mass is 388 g/mol. The Kier molecular flexibility index (Phi) is 4.30. The number of amides is 1. The molecular weight excluding hydrogens is 372 g/mol. The van der Waals surface area contributed by atoms with Crippen molar-refractivity contribution in [1.29, 1.82) is 5.41 Å². The number of nitro groups is 1. The molecule has 0 spiro atoms. The summed E-state index contributed by atoms with van der Waals surface area (Å²) in [6, 6.07) is 2.56. The first-order chi connectivity index (χ1) is 12.9. The number of piperidine rings is 1. The molecular formula is C16H16N6O4S. The van der Waals surface area contributed by atoms with Gasteiger partial charge < -0.3 is 9.32 Å². The zero-order chi connectivity index (χ0) is 19.1. The average Bonchev–Trinajstić information content (AvgIpc) is 3.26. The van der Waals surface area contributed by atoms with Crippen molar-refractivity contribution in [1.82, 2.24) is 9.91 Å². The van der Waals surface area contributed by atoms with Gasteiger partial charge in [-0.25, -0.2) is 0 Å². The molecule has 0 aliphatic carbocycles. The van der Waals surface area contributed by atoms with E-state index in [0.717, 1.165) is 31.1 Å². The van der Waals surface area contributed by atoms with E-state index in [1.54, 1.807) is 0 Å². The van der Waals surface area contributed by atoms with Crippen molar-refractivity contribution in [3.05, 3.63) is 33.6 Å². The third-order valence-electron chi connectivity index (χ3n) is 4.58. The van der Waals surface area contributed by atoms with Crippen molar-refractivity contribution in [3.8, 4) is 0 Å². The molecule has 140 valence electrons. The Morgan fingerprint density at radius 2 is 2.11 bits per heavy atom. The number of aliphatic imine (C=N–C) groups is 1. The maximum Gasteiger partial charge on any atom is 0.433 e. The van der Waals surface area contributed by atoms with Crippen LogP contribution in [0.3, 0.4) is 0 Å². The highest BCUT2D eigenvalue weighted by molar-refractivity contribution is 8.26. The second-order valence-corrected chi connectivity index (χ2v) is 7.44. The van der Waals surface area contributed by atoms with Gasteiger partial charge in [0.05, 0.1) is 11.6 Å². The third kappa shape index (κ3) is 3.25. The number of amidine groups is 3. The minimum Gasteiger partial charge on any atom is -0.401 e. The highest BCUT2D eigenvalue weighted by atomic mass is 32.2. The largest absolute Gasteiger partial charge is 0.433 e. The predicted molar refractivity (Wildman–Crippen MR) is 100 cm³/mol. The molecule has 0 saturated carbocycles. The summed E-state index contributed by atoms with van der Waals surface area (Å²) in [6.45, 7) is 3.99. The number of carbonyl (C=O) groups excluding carboxylic acids is 1. The van der Waals surface area contributed by atoms with Crippen LogP contribution in [0.2, 0.25) is 0 Å². The lowest BCUT2D eigenvalue weighted by atomic mass is 10.00. The number of hydrogen-bond acceptors (Lipinski definition) is 8. The Morgan fingerprint density at radius 1 is 1.37 bits per heavy atom. The molecule has 4 heterocycles. The van der Waals surface area contributed by atoms with Gasteiger partial charge in [0.15, 0.2) is 11.0 Å². The zero-order valence-electron chi connectivity index (χ0n) is 14.4. The third-order valence-corrected chi connectivity index (χ3v) is 5.55. The van der Waals surface area contributed by atoms with Gasteiger partial charge >= 0.3 is 5.88 Å². The van der Waals surface area contributed by atoms with Gasteiger partial charge in [0.2, 0.25) is 5.17 Å². The van der Waals surface area contributed by atoms with Crippen molar-refractivity contribution in [2.24, 2.45) is 16.0 Å². The van der Waals surface area contributed by atoms with Crippen LogP contribution in [-0.2, 0) is 4.79 Å². The number of hydrazone groups is 1. The van der Waals surface area contributed by atoms with E-state index in [1.807, 2.05) is 0 Å². The molecule has 0 aromatic carbocycles. The van der Waals surface area contributed by atoms with Gasteiger partial charge in [0.1, 0.15) is 10.7 Å². The fourth-order valence-electron chi connectivity index (χ4n) is 2.97. The van der Waals surface area contributed by atoms with Crippen LogP contribution in [0.4, 0.5) is 5.88 Å². The van der Waals surface area contributed by atoms with E-state index < -0.39 is 16.7 Å². The summed E-state index contributed by atoms with van der Waals surface area (Å²) < 4.78 is 5.04. The number of furan rings is 1. The molecule has 10 nitrogen and oxygen atoms in total. The second kappa shape index (κ2) is 6.65. The molecule has 1 saturated heterocycles. The summed E-state index contributed by atoms with van der Waals surface area (Å²) in [5.41, 5.74) is -0.0270. The second-order valence-electron chi connectivity index (χ2n) is 6.51. The number of thioether (sulfide) groups is 1. The zero-order valence-corrected chi connectivity index (χ0v) is 15.2. The lowest BCUT2D eigenvalue weighted by Crippen LogP contribution is -2.36. The van der Waals surface area contributed by atoms with E-state index in [1.165, 1.54) is 35.0 Å². The van der Waals surface area contributed by atoms with E-state index in [4.69, 9.17) is 9.83 Å². The summed E-state index contributed by atoms with van der Waals surface area (Å²) in [6.07, 6.45) is 3.43. The molecule has 4 rings (SSSR count). The van der Waals surface area contributed by atoms with Gasteiger partial charge in [0, 0.05) is 13.1 Å². The van der Waals surface area contributed by atoms with Gasteiger partial charge in [-0.05, 0) is 42.7 Å². The highest BCUT2D eigenvalue weighted by Gasteiger charge is 2.38. The minimum atomic E-state index is -0.667. The molecule has 0 bridgehead atoms. The standard InChI is InChI=1S/C16H16N6O4S/c1-9-4-6-20(7-5-9)16-19-21-13(17)11(14(23)18-15(21)27-16)8-10-2-3-12(26-10)22(24)25/h2-3,8-9,17H,4-7H2,1H3/b11-8-,17-13?. The van der Waals surface area contributed by atoms with Crippen LogP contribution in [-0.4, -0.2) is 50.0 Å².